The quantitative estimate of drug-likeness (QED) is 0.383. The maximum Gasteiger partial charge on any atom is 0.231 e. The number of benzene rings is 4. The highest BCUT2D eigenvalue weighted by molar-refractivity contribution is 7.59. The second kappa shape index (κ2) is 8.71. The van der Waals surface area contributed by atoms with Crippen LogP contribution in [-0.2, 0) is 8.23 Å². The summed E-state index contributed by atoms with van der Waals surface area (Å²) in [5.74, 6) is 0. The molecule has 6 heteroatoms. The van der Waals surface area contributed by atoms with Gasteiger partial charge in [-0.1, -0.05) is 121 Å². The fraction of sp³-hybridized carbons (Fsp3) is 0.143. The highest BCUT2D eigenvalue weighted by Gasteiger charge is 2.71. The second-order valence-corrected chi connectivity index (χ2v) is 33.5. The molecule has 0 amide bonds. The van der Waals surface area contributed by atoms with Gasteiger partial charge in [-0.2, -0.15) is 0 Å². The van der Waals surface area contributed by atoms with E-state index in [1.165, 1.54) is 20.7 Å². The Hall–Kier alpha value is -2.33. The third-order valence-electron chi connectivity index (χ3n) is 7.94. The highest BCUT2D eigenvalue weighted by Crippen LogP contribution is 2.38. The van der Waals surface area contributed by atoms with Crippen molar-refractivity contribution >= 4 is 52.1 Å². The summed E-state index contributed by atoms with van der Waals surface area (Å²) in [6.45, 7) is 9.70. The Labute approximate surface area is 207 Å². The van der Waals surface area contributed by atoms with Gasteiger partial charge in [-0.25, -0.2) is 0 Å². The van der Waals surface area contributed by atoms with Crippen molar-refractivity contribution in [3.05, 3.63) is 121 Å². The molecule has 0 bridgehead atoms. The van der Waals surface area contributed by atoms with Crippen LogP contribution in [0.1, 0.15) is 0 Å². The summed E-state index contributed by atoms with van der Waals surface area (Å²) in [6.07, 6.45) is 0. The van der Waals surface area contributed by atoms with Crippen LogP contribution in [0.3, 0.4) is 0 Å². The fourth-order valence-electron chi connectivity index (χ4n) is 5.57. The van der Waals surface area contributed by atoms with Crippen molar-refractivity contribution < 1.29 is 8.23 Å². The summed E-state index contributed by atoms with van der Waals surface area (Å²) >= 11 is 0. The zero-order valence-electron chi connectivity index (χ0n) is 20.4. The van der Waals surface area contributed by atoms with Crippen molar-refractivity contribution in [2.75, 3.05) is 0 Å². The lowest BCUT2D eigenvalue weighted by Gasteiger charge is -2.60. The van der Waals surface area contributed by atoms with Gasteiger partial charge >= 0.3 is 0 Å². The third kappa shape index (κ3) is 3.48. The van der Waals surface area contributed by atoms with Gasteiger partial charge in [0, 0.05) is 0 Å². The van der Waals surface area contributed by atoms with Crippen molar-refractivity contribution in [1.29, 1.82) is 0 Å². The molecule has 1 heterocycles. The van der Waals surface area contributed by atoms with Crippen LogP contribution in [0.5, 0.6) is 0 Å². The summed E-state index contributed by atoms with van der Waals surface area (Å²) < 4.78 is 15.7. The van der Waals surface area contributed by atoms with Crippen LogP contribution in [0.2, 0.25) is 26.2 Å². The van der Waals surface area contributed by atoms with Crippen molar-refractivity contribution in [3.63, 3.8) is 0 Å². The van der Waals surface area contributed by atoms with Crippen LogP contribution < -0.4 is 20.7 Å². The maximum atomic E-state index is 7.85. The van der Waals surface area contributed by atoms with Gasteiger partial charge in [0.05, 0.1) is 0 Å². The predicted molar refractivity (Wildman–Crippen MR) is 153 cm³/mol. The number of hydrogen-bond donors (Lipinski definition) is 0. The molecule has 34 heavy (non-hydrogen) atoms. The molecule has 0 N–H and O–H groups in total. The fourth-order valence-corrected chi connectivity index (χ4v) is 47.4. The third-order valence-corrected chi connectivity index (χ3v) is 41.9. The average molecular weight is 513 g/mol. The molecular weight excluding hydrogens is 481 g/mol. The van der Waals surface area contributed by atoms with E-state index >= 15 is 0 Å². The molecule has 4 unspecified atom stereocenters. The van der Waals surface area contributed by atoms with Gasteiger partial charge in [0.15, 0.2) is 0 Å². The van der Waals surface area contributed by atoms with Crippen molar-refractivity contribution in [3.8, 4) is 0 Å². The van der Waals surface area contributed by atoms with Gasteiger partial charge in [0.1, 0.15) is 0 Å². The standard InChI is InChI=1S/C28H32O2Si4/c1-31(25-17-9-5-10-18-25)29-33(3,27-21-13-7-14-22-27)34(4,28-23-15-8-16-24-28)30-32(31,2)26-19-11-6-12-20-26/h5-24H,1-4H3. The molecule has 4 aromatic carbocycles. The van der Waals surface area contributed by atoms with Gasteiger partial charge in [-0.05, 0) is 46.9 Å². The van der Waals surface area contributed by atoms with Gasteiger partial charge in [0.25, 0.3) is 0 Å². The molecule has 5 rings (SSSR count). The van der Waals surface area contributed by atoms with Crippen molar-refractivity contribution in [1.82, 2.24) is 0 Å². The van der Waals surface area contributed by atoms with E-state index in [0.717, 1.165) is 0 Å². The molecule has 4 aromatic rings. The Morgan fingerprint density at radius 2 is 0.500 bits per heavy atom. The first-order valence-corrected chi connectivity index (χ1v) is 23.6. The molecular formula is C28H32O2Si4. The van der Waals surface area contributed by atoms with E-state index in [9.17, 15) is 0 Å². The lowest BCUT2D eigenvalue weighted by atomic mass is 10.4. The Kier molecular flexibility index (Phi) is 6.00. The largest absolute Gasteiger partial charge is 0.449 e. The monoisotopic (exact) mass is 512 g/mol. The molecule has 0 saturated carbocycles. The van der Waals surface area contributed by atoms with Crippen LogP contribution >= 0.6 is 0 Å². The summed E-state index contributed by atoms with van der Waals surface area (Å²) in [5, 5.41) is 5.36. The van der Waals surface area contributed by atoms with E-state index in [1.807, 2.05) is 0 Å². The molecule has 0 radical (unpaired) electrons. The lowest BCUT2D eigenvalue weighted by molar-refractivity contribution is 0.507. The van der Waals surface area contributed by atoms with Gasteiger partial charge in [-0.15, -0.1) is 0 Å². The molecule has 0 aromatic heterocycles. The minimum Gasteiger partial charge on any atom is -0.449 e. The molecule has 172 valence electrons. The summed E-state index contributed by atoms with van der Waals surface area (Å²) in [5.41, 5.74) is 0. The normalized spacial score (nSPS) is 31.2. The maximum absolute atomic E-state index is 7.85. The summed E-state index contributed by atoms with van der Waals surface area (Å²) in [7, 11) is -10.1. The van der Waals surface area contributed by atoms with Crippen LogP contribution in [0, 0.1) is 0 Å². The zero-order valence-corrected chi connectivity index (χ0v) is 24.4. The van der Waals surface area contributed by atoms with Crippen LogP contribution in [-0.4, -0.2) is 31.3 Å². The second-order valence-electron chi connectivity index (χ2n) is 9.80. The highest BCUT2D eigenvalue weighted by atomic mass is 29.4. The molecule has 4 atom stereocenters. The van der Waals surface area contributed by atoms with E-state index in [1.54, 1.807) is 0 Å². The first kappa shape index (κ1) is 23.4. The molecule has 2 nitrogen and oxygen atoms in total. The first-order chi connectivity index (χ1) is 16.3. The van der Waals surface area contributed by atoms with Gasteiger partial charge < -0.3 is 8.23 Å². The summed E-state index contributed by atoms with van der Waals surface area (Å²) in [6, 6.07) is 43.8. The lowest BCUT2D eigenvalue weighted by Crippen LogP contribution is -2.92. The van der Waals surface area contributed by atoms with E-state index in [4.69, 9.17) is 8.23 Å². The molecule has 1 saturated heterocycles. The molecule has 1 fully saturated rings. The van der Waals surface area contributed by atoms with E-state index < -0.39 is 31.3 Å². The Morgan fingerprint density at radius 1 is 0.324 bits per heavy atom. The smallest absolute Gasteiger partial charge is 0.231 e. The minimum absolute atomic E-state index is 1.34. The SMILES string of the molecule is C[Si]1(c2ccccc2)O[Si](C)(c2ccccc2)[Si](C)(c2ccccc2)O[Si]1(C)c1ccccc1. The van der Waals surface area contributed by atoms with E-state index in [0.29, 0.717) is 0 Å². The number of hydrogen-bond acceptors (Lipinski definition) is 2. The average Bonchev–Trinajstić information content (AvgIpc) is 2.89. The van der Waals surface area contributed by atoms with Crippen LogP contribution in [0.4, 0.5) is 0 Å². The van der Waals surface area contributed by atoms with E-state index in [2.05, 4.69) is 148 Å². The van der Waals surface area contributed by atoms with Crippen LogP contribution in [0.25, 0.3) is 0 Å². The van der Waals surface area contributed by atoms with Gasteiger partial charge in [0.2, 0.25) is 31.3 Å². The number of rotatable bonds is 4. The van der Waals surface area contributed by atoms with Gasteiger partial charge in [-0.3, -0.25) is 0 Å². The first-order valence-electron chi connectivity index (χ1n) is 12.0. The topological polar surface area (TPSA) is 18.5 Å². The molecule has 1 aliphatic rings. The Balaban J connectivity index is 1.81. The molecule has 1 aliphatic heterocycles. The minimum atomic E-state index is -2.53. The Bertz CT molecular complexity index is 1060. The molecule has 0 spiro atoms. The summed E-state index contributed by atoms with van der Waals surface area (Å²) in [4.78, 5) is 0. The van der Waals surface area contributed by atoms with E-state index in [-0.39, 0.29) is 0 Å². The molecule has 0 aliphatic carbocycles. The van der Waals surface area contributed by atoms with Crippen molar-refractivity contribution in [2.24, 2.45) is 0 Å². The zero-order chi connectivity index (χ0) is 23.9. The Morgan fingerprint density at radius 3 is 0.676 bits per heavy atom. The van der Waals surface area contributed by atoms with Crippen LogP contribution in [0.15, 0.2) is 121 Å². The van der Waals surface area contributed by atoms with Crippen molar-refractivity contribution in [2.45, 2.75) is 26.2 Å². The predicted octanol–water partition coefficient (Wildman–Crippen LogP) is 4.12.